The van der Waals surface area contributed by atoms with E-state index in [1.807, 2.05) is 54.6 Å². The van der Waals surface area contributed by atoms with Crippen LogP contribution in [-0.2, 0) is 33.3 Å². The van der Waals surface area contributed by atoms with E-state index in [9.17, 15) is 14.4 Å². The Morgan fingerprint density at radius 2 is 1.84 bits per heavy atom. The van der Waals surface area contributed by atoms with Crippen LogP contribution in [0.4, 0.5) is 0 Å². The van der Waals surface area contributed by atoms with Gasteiger partial charge in [0, 0.05) is 32.8 Å². The zero-order valence-corrected chi connectivity index (χ0v) is 18.2. The largest absolute Gasteiger partial charge is 0.458 e. The molecule has 7 nitrogen and oxygen atoms in total. The molecule has 1 fully saturated rings. The number of rotatable bonds is 7. The number of hydrogen-bond acceptors (Lipinski definition) is 7. The third-order valence-corrected chi connectivity index (χ3v) is 5.07. The van der Waals surface area contributed by atoms with Crippen molar-refractivity contribution in [2.24, 2.45) is 0 Å². The molecular formula is C25H28O7. The maximum absolute atomic E-state index is 11.7. The molecule has 32 heavy (non-hydrogen) atoms. The second-order valence-electron chi connectivity index (χ2n) is 7.73. The zero-order chi connectivity index (χ0) is 22.9. The molecule has 0 aromatic heterocycles. The number of benzene rings is 1. The molecular weight excluding hydrogens is 412 g/mol. The first kappa shape index (κ1) is 23.5. The molecule has 0 radical (unpaired) electrons. The van der Waals surface area contributed by atoms with Crippen LogP contribution in [0.5, 0.6) is 0 Å². The van der Waals surface area contributed by atoms with E-state index in [-0.39, 0.29) is 18.2 Å². The third kappa shape index (κ3) is 7.20. The molecule has 1 aromatic rings. The zero-order valence-electron chi connectivity index (χ0n) is 18.2. The summed E-state index contributed by atoms with van der Waals surface area (Å²) in [5.41, 5.74) is 0.968. The molecule has 0 N–H and O–H groups in total. The standard InChI is InChI=1S/C25H28O7/c1-17(26)29-23-16-21(12-6-10-20-11-7-13-24(28)32-20)31-22(25(23)30-18(2)27)15-14-19-8-4-3-5-9-19/h3-10,13-15,20-23,25H,11-12,16H2,1-2H3/b10-6+,15-14+/t20-,21-,22+,23+,25+/m0/s1. The Labute approximate surface area is 187 Å². The van der Waals surface area contributed by atoms with Crippen LogP contribution in [0.2, 0.25) is 0 Å². The van der Waals surface area contributed by atoms with Gasteiger partial charge in [0.1, 0.15) is 18.3 Å². The molecule has 7 heteroatoms. The highest BCUT2D eigenvalue weighted by molar-refractivity contribution is 5.82. The van der Waals surface area contributed by atoms with Gasteiger partial charge in [0.05, 0.1) is 6.10 Å². The fourth-order valence-corrected chi connectivity index (χ4v) is 3.73. The number of cyclic esters (lactones) is 1. The van der Waals surface area contributed by atoms with Crippen LogP contribution in [0.25, 0.3) is 6.08 Å². The smallest absolute Gasteiger partial charge is 0.331 e. The summed E-state index contributed by atoms with van der Waals surface area (Å²) in [5.74, 6) is -1.28. The van der Waals surface area contributed by atoms with Crippen LogP contribution in [0.3, 0.4) is 0 Å². The van der Waals surface area contributed by atoms with Gasteiger partial charge < -0.3 is 18.9 Å². The minimum Gasteiger partial charge on any atom is -0.458 e. The van der Waals surface area contributed by atoms with Gasteiger partial charge in [-0.25, -0.2) is 4.79 Å². The van der Waals surface area contributed by atoms with Crippen molar-refractivity contribution in [2.45, 2.75) is 63.6 Å². The summed E-state index contributed by atoms with van der Waals surface area (Å²) in [6.07, 6.45) is 9.61. The van der Waals surface area contributed by atoms with Gasteiger partial charge >= 0.3 is 17.9 Å². The first-order valence-corrected chi connectivity index (χ1v) is 10.7. The maximum atomic E-state index is 11.7. The molecule has 0 aliphatic carbocycles. The number of ether oxygens (including phenoxy) is 4. The molecule has 0 spiro atoms. The molecule has 1 saturated heterocycles. The molecule has 2 heterocycles. The first-order valence-electron chi connectivity index (χ1n) is 10.7. The minimum absolute atomic E-state index is 0.275. The second kappa shape index (κ2) is 11.4. The van der Waals surface area contributed by atoms with E-state index in [1.54, 1.807) is 6.08 Å². The highest BCUT2D eigenvalue weighted by Crippen LogP contribution is 2.29. The predicted molar refractivity (Wildman–Crippen MR) is 117 cm³/mol. The molecule has 0 bridgehead atoms. The van der Waals surface area contributed by atoms with Crippen molar-refractivity contribution in [2.75, 3.05) is 0 Å². The number of esters is 3. The van der Waals surface area contributed by atoms with Crippen molar-refractivity contribution < 1.29 is 33.3 Å². The number of carbonyl (C=O) groups excluding carboxylic acids is 3. The van der Waals surface area contributed by atoms with Crippen LogP contribution in [0.1, 0.15) is 38.7 Å². The van der Waals surface area contributed by atoms with E-state index in [0.29, 0.717) is 19.3 Å². The van der Waals surface area contributed by atoms with Crippen molar-refractivity contribution >= 4 is 24.0 Å². The summed E-state index contributed by atoms with van der Waals surface area (Å²) in [6.45, 7) is 2.65. The summed E-state index contributed by atoms with van der Waals surface area (Å²) in [7, 11) is 0. The van der Waals surface area contributed by atoms with E-state index in [1.165, 1.54) is 19.9 Å². The molecule has 2 aliphatic heterocycles. The Morgan fingerprint density at radius 1 is 1.09 bits per heavy atom. The lowest BCUT2D eigenvalue weighted by atomic mass is 9.94. The van der Waals surface area contributed by atoms with Gasteiger partial charge in [0.25, 0.3) is 0 Å². The third-order valence-electron chi connectivity index (χ3n) is 5.07. The Balaban J connectivity index is 1.74. The molecule has 3 rings (SSSR count). The van der Waals surface area contributed by atoms with E-state index in [0.717, 1.165) is 5.56 Å². The Hall–Kier alpha value is -3.19. The van der Waals surface area contributed by atoms with Crippen LogP contribution in [0, 0.1) is 0 Å². The van der Waals surface area contributed by atoms with Crippen molar-refractivity contribution in [3.05, 3.63) is 66.3 Å². The average molecular weight is 440 g/mol. The SMILES string of the molecule is CC(=O)O[C@@H]1[C@@H](/C=C/c2ccccc2)O[C@@H](C/C=C/[C@H]2CC=CC(=O)O2)C[C@H]1OC(C)=O. The number of carbonyl (C=O) groups is 3. The van der Waals surface area contributed by atoms with E-state index < -0.39 is 30.3 Å². The Bertz CT molecular complexity index is 887. The monoisotopic (exact) mass is 440 g/mol. The van der Waals surface area contributed by atoms with Crippen molar-refractivity contribution in [3.8, 4) is 0 Å². The summed E-state index contributed by atoms with van der Waals surface area (Å²) >= 11 is 0. The molecule has 170 valence electrons. The summed E-state index contributed by atoms with van der Waals surface area (Å²) in [6, 6.07) is 9.67. The molecule has 2 aliphatic rings. The minimum atomic E-state index is -0.749. The molecule has 1 aromatic carbocycles. The van der Waals surface area contributed by atoms with E-state index >= 15 is 0 Å². The van der Waals surface area contributed by atoms with Crippen LogP contribution >= 0.6 is 0 Å². The Morgan fingerprint density at radius 3 is 2.53 bits per heavy atom. The summed E-state index contributed by atoms with van der Waals surface area (Å²) in [5, 5.41) is 0. The number of hydrogen-bond donors (Lipinski definition) is 0. The van der Waals surface area contributed by atoms with Crippen molar-refractivity contribution in [1.82, 2.24) is 0 Å². The van der Waals surface area contributed by atoms with Crippen molar-refractivity contribution in [1.29, 1.82) is 0 Å². The van der Waals surface area contributed by atoms with E-state index in [4.69, 9.17) is 18.9 Å². The van der Waals surface area contributed by atoms with Gasteiger partial charge in [-0.1, -0.05) is 54.6 Å². The molecule has 0 amide bonds. The highest BCUT2D eigenvalue weighted by atomic mass is 16.6. The maximum Gasteiger partial charge on any atom is 0.331 e. The lowest BCUT2D eigenvalue weighted by molar-refractivity contribution is -0.198. The molecule has 0 unspecified atom stereocenters. The van der Waals surface area contributed by atoms with Crippen LogP contribution < -0.4 is 0 Å². The van der Waals surface area contributed by atoms with Gasteiger partial charge in [-0.3, -0.25) is 9.59 Å². The van der Waals surface area contributed by atoms with Gasteiger partial charge in [-0.2, -0.15) is 0 Å². The highest BCUT2D eigenvalue weighted by Gasteiger charge is 2.41. The topological polar surface area (TPSA) is 88.1 Å². The first-order chi connectivity index (χ1) is 15.4. The van der Waals surface area contributed by atoms with Gasteiger partial charge in [-0.05, 0) is 18.1 Å². The second-order valence-corrected chi connectivity index (χ2v) is 7.73. The molecule has 0 saturated carbocycles. The Kier molecular flexibility index (Phi) is 8.39. The average Bonchev–Trinajstić information content (AvgIpc) is 2.74. The van der Waals surface area contributed by atoms with E-state index in [2.05, 4.69) is 0 Å². The van der Waals surface area contributed by atoms with Gasteiger partial charge in [-0.15, -0.1) is 0 Å². The summed E-state index contributed by atoms with van der Waals surface area (Å²) < 4.78 is 22.4. The van der Waals surface area contributed by atoms with Gasteiger partial charge in [0.15, 0.2) is 6.10 Å². The predicted octanol–water partition coefficient (Wildman–Crippen LogP) is 3.54. The fraction of sp³-hybridized carbons (Fsp3) is 0.400. The fourth-order valence-electron chi connectivity index (χ4n) is 3.73. The molecule has 5 atom stereocenters. The normalized spacial score (nSPS) is 27.9. The summed E-state index contributed by atoms with van der Waals surface area (Å²) in [4.78, 5) is 34.8. The van der Waals surface area contributed by atoms with Crippen LogP contribution in [-0.4, -0.2) is 48.4 Å². The van der Waals surface area contributed by atoms with Crippen molar-refractivity contribution in [3.63, 3.8) is 0 Å². The lowest BCUT2D eigenvalue weighted by Gasteiger charge is -2.39. The van der Waals surface area contributed by atoms with Crippen LogP contribution in [0.15, 0.2) is 60.7 Å². The van der Waals surface area contributed by atoms with Gasteiger partial charge in [0.2, 0.25) is 0 Å². The quantitative estimate of drug-likeness (QED) is 0.364. The lowest BCUT2D eigenvalue weighted by Crippen LogP contribution is -2.51.